The van der Waals surface area contributed by atoms with Gasteiger partial charge in [0.1, 0.15) is 5.75 Å². The SMILES string of the molecule is CCNC(=NCC(C)CN1CCN(CC)CC1)N1CCN(c2ccccc2O)CC1. The number of nitrogens with one attached hydrogen (secondary N) is 1. The first kappa shape index (κ1) is 22.7. The van der Waals surface area contributed by atoms with E-state index in [-0.39, 0.29) is 0 Å². The van der Waals surface area contributed by atoms with Crippen LogP contribution in [0.2, 0.25) is 0 Å². The quantitative estimate of drug-likeness (QED) is 0.522. The van der Waals surface area contributed by atoms with Gasteiger partial charge in [0.05, 0.1) is 5.69 Å². The van der Waals surface area contributed by atoms with Gasteiger partial charge in [-0.25, -0.2) is 0 Å². The Kier molecular flexibility index (Phi) is 8.63. The van der Waals surface area contributed by atoms with Crippen molar-refractivity contribution in [2.75, 3.05) is 83.4 Å². The number of aliphatic imine (C=N–C) groups is 1. The second-order valence-corrected chi connectivity index (χ2v) is 8.50. The van der Waals surface area contributed by atoms with Gasteiger partial charge >= 0.3 is 0 Å². The molecule has 1 unspecified atom stereocenters. The zero-order valence-electron chi connectivity index (χ0n) is 19.1. The molecule has 168 valence electrons. The number of guanidine groups is 1. The van der Waals surface area contributed by atoms with Gasteiger partial charge in [0.2, 0.25) is 0 Å². The predicted octanol–water partition coefficient (Wildman–Crippen LogP) is 1.75. The van der Waals surface area contributed by atoms with E-state index in [0.29, 0.717) is 11.7 Å². The molecule has 0 bridgehead atoms. The first-order valence-electron chi connectivity index (χ1n) is 11.6. The molecule has 2 N–H and O–H groups in total. The van der Waals surface area contributed by atoms with Crippen LogP contribution in [0.25, 0.3) is 0 Å². The molecule has 2 heterocycles. The van der Waals surface area contributed by atoms with Crippen molar-refractivity contribution >= 4 is 11.6 Å². The van der Waals surface area contributed by atoms with Crippen molar-refractivity contribution < 1.29 is 5.11 Å². The number of hydrogen-bond acceptors (Lipinski definition) is 5. The summed E-state index contributed by atoms with van der Waals surface area (Å²) in [4.78, 5) is 14.7. The van der Waals surface area contributed by atoms with E-state index in [1.54, 1.807) is 6.07 Å². The van der Waals surface area contributed by atoms with Crippen molar-refractivity contribution in [3.8, 4) is 5.75 Å². The lowest BCUT2D eigenvalue weighted by Gasteiger charge is -2.38. The maximum absolute atomic E-state index is 10.1. The number of aromatic hydroxyl groups is 1. The van der Waals surface area contributed by atoms with Crippen LogP contribution in [-0.4, -0.2) is 104 Å². The Labute approximate surface area is 182 Å². The molecule has 0 radical (unpaired) electrons. The second-order valence-electron chi connectivity index (χ2n) is 8.50. The monoisotopic (exact) mass is 416 g/mol. The molecule has 2 aliphatic heterocycles. The highest BCUT2D eigenvalue weighted by molar-refractivity contribution is 5.80. The fourth-order valence-electron chi connectivity index (χ4n) is 4.35. The minimum absolute atomic E-state index is 0.361. The smallest absolute Gasteiger partial charge is 0.194 e. The number of para-hydroxylation sites is 2. The molecule has 2 fully saturated rings. The Hall–Kier alpha value is -1.99. The van der Waals surface area contributed by atoms with Crippen LogP contribution in [0.4, 0.5) is 5.69 Å². The Balaban J connectivity index is 1.49. The third-order valence-corrected chi connectivity index (χ3v) is 6.17. The summed E-state index contributed by atoms with van der Waals surface area (Å²) in [5.74, 6) is 1.94. The van der Waals surface area contributed by atoms with E-state index >= 15 is 0 Å². The summed E-state index contributed by atoms with van der Waals surface area (Å²) in [6, 6.07) is 7.61. The van der Waals surface area contributed by atoms with Gasteiger partial charge in [0, 0.05) is 72.0 Å². The Morgan fingerprint density at radius 1 is 1.00 bits per heavy atom. The van der Waals surface area contributed by atoms with Crippen LogP contribution >= 0.6 is 0 Å². The fraction of sp³-hybridized carbons (Fsp3) is 0.696. The first-order valence-corrected chi connectivity index (χ1v) is 11.6. The Morgan fingerprint density at radius 3 is 2.30 bits per heavy atom. The van der Waals surface area contributed by atoms with Crippen LogP contribution in [0, 0.1) is 5.92 Å². The zero-order chi connectivity index (χ0) is 21.3. The molecule has 7 heteroatoms. The number of phenolic OH excluding ortho intramolecular Hbond substituents is 1. The van der Waals surface area contributed by atoms with Gasteiger partial charge in [-0.05, 0) is 31.5 Å². The van der Waals surface area contributed by atoms with Crippen molar-refractivity contribution in [3.05, 3.63) is 24.3 Å². The fourth-order valence-corrected chi connectivity index (χ4v) is 4.35. The van der Waals surface area contributed by atoms with Gasteiger partial charge in [-0.1, -0.05) is 26.0 Å². The lowest BCUT2D eigenvalue weighted by Crippen LogP contribution is -2.52. The Bertz CT molecular complexity index is 665. The molecule has 1 aromatic carbocycles. The highest BCUT2D eigenvalue weighted by Gasteiger charge is 2.22. The predicted molar refractivity (Wildman–Crippen MR) is 126 cm³/mol. The number of phenols is 1. The summed E-state index contributed by atoms with van der Waals surface area (Å²) in [5.41, 5.74) is 0.927. The molecule has 7 nitrogen and oxygen atoms in total. The molecule has 1 aromatic rings. The second kappa shape index (κ2) is 11.4. The molecule has 0 saturated carbocycles. The van der Waals surface area contributed by atoms with Crippen molar-refractivity contribution in [2.24, 2.45) is 10.9 Å². The van der Waals surface area contributed by atoms with Gasteiger partial charge in [-0.3, -0.25) is 4.99 Å². The van der Waals surface area contributed by atoms with E-state index in [2.05, 4.69) is 45.7 Å². The molecule has 0 aliphatic carbocycles. The van der Waals surface area contributed by atoms with Crippen LogP contribution in [0.5, 0.6) is 5.75 Å². The highest BCUT2D eigenvalue weighted by atomic mass is 16.3. The summed E-state index contributed by atoms with van der Waals surface area (Å²) >= 11 is 0. The minimum atomic E-state index is 0.361. The van der Waals surface area contributed by atoms with Crippen LogP contribution in [0.3, 0.4) is 0 Å². The van der Waals surface area contributed by atoms with E-state index in [9.17, 15) is 5.11 Å². The number of piperazine rings is 2. The lowest BCUT2D eigenvalue weighted by molar-refractivity contribution is 0.125. The van der Waals surface area contributed by atoms with Gasteiger partial charge in [-0.15, -0.1) is 0 Å². The van der Waals surface area contributed by atoms with Crippen LogP contribution in [0.15, 0.2) is 29.3 Å². The molecule has 0 spiro atoms. The number of benzene rings is 1. The van der Waals surface area contributed by atoms with E-state index < -0.39 is 0 Å². The van der Waals surface area contributed by atoms with Crippen molar-refractivity contribution in [3.63, 3.8) is 0 Å². The zero-order valence-corrected chi connectivity index (χ0v) is 19.1. The van der Waals surface area contributed by atoms with Crippen molar-refractivity contribution in [1.82, 2.24) is 20.0 Å². The standard InChI is InChI=1S/C23H40N6O/c1-4-24-23(25-18-20(3)19-27-12-10-26(5-2)11-13-27)29-16-14-28(15-17-29)21-8-6-7-9-22(21)30/h6-9,20,30H,4-5,10-19H2,1-3H3,(H,24,25). The largest absolute Gasteiger partial charge is 0.506 e. The normalized spacial score (nSPS) is 20.4. The topological polar surface area (TPSA) is 57.6 Å². The summed E-state index contributed by atoms with van der Waals surface area (Å²) in [6.45, 7) is 19.1. The van der Waals surface area contributed by atoms with Crippen molar-refractivity contribution in [2.45, 2.75) is 20.8 Å². The molecular weight excluding hydrogens is 376 g/mol. The molecular formula is C23H40N6O. The summed E-state index contributed by atoms with van der Waals surface area (Å²) in [6.07, 6.45) is 0. The molecule has 2 aliphatic rings. The number of hydrogen-bond donors (Lipinski definition) is 2. The average Bonchev–Trinajstić information content (AvgIpc) is 2.78. The third-order valence-electron chi connectivity index (χ3n) is 6.17. The van der Waals surface area contributed by atoms with Gasteiger partial charge < -0.3 is 30.0 Å². The minimum Gasteiger partial charge on any atom is -0.506 e. The molecule has 0 amide bonds. The van der Waals surface area contributed by atoms with Gasteiger partial charge in [0.25, 0.3) is 0 Å². The van der Waals surface area contributed by atoms with Crippen LogP contribution in [-0.2, 0) is 0 Å². The van der Waals surface area contributed by atoms with Crippen LogP contribution in [0.1, 0.15) is 20.8 Å². The summed E-state index contributed by atoms with van der Waals surface area (Å²) in [5, 5.41) is 13.6. The first-order chi connectivity index (χ1) is 14.6. The number of likely N-dealkylation sites (N-methyl/N-ethyl adjacent to an activating group) is 1. The number of anilines is 1. The molecule has 2 saturated heterocycles. The average molecular weight is 417 g/mol. The lowest BCUT2D eigenvalue weighted by atomic mass is 10.1. The molecule has 3 rings (SSSR count). The van der Waals surface area contributed by atoms with Gasteiger partial charge in [0.15, 0.2) is 5.96 Å². The molecule has 30 heavy (non-hydrogen) atoms. The van der Waals surface area contributed by atoms with Crippen LogP contribution < -0.4 is 10.2 Å². The van der Waals surface area contributed by atoms with Gasteiger partial charge in [-0.2, -0.15) is 0 Å². The van der Waals surface area contributed by atoms with E-state index in [4.69, 9.17) is 4.99 Å². The summed E-state index contributed by atoms with van der Waals surface area (Å²) < 4.78 is 0. The summed E-state index contributed by atoms with van der Waals surface area (Å²) in [7, 11) is 0. The van der Waals surface area contributed by atoms with E-state index in [1.807, 2.05) is 18.2 Å². The number of rotatable bonds is 7. The maximum Gasteiger partial charge on any atom is 0.194 e. The van der Waals surface area contributed by atoms with E-state index in [1.165, 1.54) is 26.2 Å². The molecule has 1 atom stereocenters. The Morgan fingerprint density at radius 2 is 1.67 bits per heavy atom. The van der Waals surface area contributed by atoms with E-state index in [0.717, 1.165) is 64.0 Å². The number of nitrogens with zero attached hydrogens (tertiary/aromatic N) is 5. The maximum atomic E-state index is 10.1. The van der Waals surface area contributed by atoms with Crippen molar-refractivity contribution in [1.29, 1.82) is 0 Å². The highest BCUT2D eigenvalue weighted by Crippen LogP contribution is 2.27. The third kappa shape index (κ3) is 6.25. The molecule has 0 aromatic heterocycles.